The molecule has 2 aromatic heterocycles. The fourth-order valence-electron chi connectivity index (χ4n) is 5.76. The SMILES string of the molecule is [C-]#[N+]C1(NS(=O)(=O)c2cc(N3CC4CCC(C3)N4C(=O)C(C)C)c3c(c2)c(-c2nnc(C(F)F)s2)nn3C)CC1. The van der Waals surface area contributed by atoms with Crippen molar-refractivity contribution in [1.82, 2.24) is 29.6 Å². The van der Waals surface area contributed by atoms with Crippen LogP contribution in [-0.2, 0) is 21.9 Å². The summed E-state index contributed by atoms with van der Waals surface area (Å²) in [5.74, 6) is -0.0108. The molecule has 1 saturated carbocycles. The Bertz CT molecular complexity index is 1640. The van der Waals surface area contributed by atoms with Gasteiger partial charge in [-0.2, -0.15) is 5.10 Å². The second-order valence-electron chi connectivity index (χ2n) is 11.0. The first-order valence-electron chi connectivity index (χ1n) is 13.1. The number of piperazine rings is 1. The Morgan fingerprint density at radius 3 is 2.42 bits per heavy atom. The summed E-state index contributed by atoms with van der Waals surface area (Å²) in [6.45, 7) is 12.2. The standard InChI is InChI=1S/C25H28F2N8O3S2/c1-13(2)24(36)35-14-5-6-15(35)12-34(11-14)18-10-16(40(37,38)32-25(28-3)7-8-25)9-17-19(31-33(4)20(17)18)22-29-30-23(39-22)21(26)27/h9-10,13-15,21,32H,5-8,11-12H2,1-2,4H3. The van der Waals surface area contributed by atoms with Crippen LogP contribution in [0.2, 0.25) is 0 Å². The van der Waals surface area contributed by atoms with Crippen LogP contribution in [0, 0.1) is 12.5 Å². The number of fused-ring (bicyclic) bond motifs is 3. The van der Waals surface area contributed by atoms with Crippen LogP contribution in [-0.4, -0.2) is 70.0 Å². The normalized spacial score (nSPS) is 21.9. The summed E-state index contributed by atoms with van der Waals surface area (Å²) in [4.78, 5) is 20.4. The predicted octanol–water partition coefficient (Wildman–Crippen LogP) is 3.55. The number of aryl methyl sites for hydroxylation is 1. The van der Waals surface area contributed by atoms with Crippen LogP contribution in [0.25, 0.3) is 26.4 Å². The zero-order valence-corrected chi connectivity index (χ0v) is 23.8. The van der Waals surface area contributed by atoms with E-state index in [0.29, 0.717) is 53.9 Å². The molecule has 1 aliphatic carbocycles. The van der Waals surface area contributed by atoms with Crippen molar-refractivity contribution in [3.63, 3.8) is 0 Å². The van der Waals surface area contributed by atoms with E-state index < -0.39 is 27.1 Å². The number of nitrogens with zero attached hydrogens (tertiary/aromatic N) is 7. The van der Waals surface area contributed by atoms with Crippen molar-refractivity contribution in [2.75, 3.05) is 18.0 Å². The lowest BCUT2D eigenvalue weighted by atomic mass is 10.1. The fourth-order valence-corrected chi connectivity index (χ4v) is 7.87. The molecule has 2 saturated heterocycles. The molecule has 3 aromatic rings. The van der Waals surface area contributed by atoms with Crippen molar-refractivity contribution < 1.29 is 22.0 Å². The molecule has 11 nitrogen and oxygen atoms in total. The van der Waals surface area contributed by atoms with E-state index in [1.165, 1.54) is 6.07 Å². The molecule has 3 aliphatic rings. The molecule has 0 spiro atoms. The number of carbonyl (C=O) groups is 1. The van der Waals surface area contributed by atoms with Gasteiger partial charge in [0, 0.05) is 43.5 Å². The number of sulfonamides is 1. The molecule has 2 aliphatic heterocycles. The van der Waals surface area contributed by atoms with Gasteiger partial charge in [-0.25, -0.2) is 23.8 Å². The lowest BCUT2D eigenvalue weighted by Gasteiger charge is -2.43. The van der Waals surface area contributed by atoms with E-state index in [4.69, 9.17) is 6.57 Å². The minimum Gasteiger partial charge on any atom is -0.366 e. The van der Waals surface area contributed by atoms with Crippen LogP contribution in [0.15, 0.2) is 17.0 Å². The highest BCUT2D eigenvalue weighted by molar-refractivity contribution is 7.89. The summed E-state index contributed by atoms with van der Waals surface area (Å²) in [6, 6.07) is 3.02. The summed E-state index contributed by atoms with van der Waals surface area (Å²) in [5.41, 5.74) is 0.345. The van der Waals surface area contributed by atoms with Crippen molar-refractivity contribution in [2.24, 2.45) is 13.0 Å². The van der Waals surface area contributed by atoms with Crippen molar-refractivity contribution in [1.29, 1.82) is 0 Å². The second kappa shape index (κ2) is 9.42. The number of aromatic nitrogens is 4. The molecule has 212 valence electrons. The zero-order valence-electron chi connectivity index (χ0n) is 22.1. The van der Waals surface area contributed by atoms with Crippen molar-refractivity contribution in [3.05, 3.63) is 28.6 Å². The molecule has 6 rings (SSSR count). The zero-order chi connectivity index (χ0) is 28.6. The third-order valence-electron chi connectivity index (χ3n) is 7.87. The minimum atomic E-state index is -4.11. The summed E-state index contributed by atoms with van der Waals surface area (Å²) in [7, 11) is -2.40. The van der Waals surface area contributed by atoms with E-state index in [1.807, 2.05) is 18.7 Å². The highest BCUT2D eigenvalue weighted by atomic mass is 32.2. The predicted molar refractivity (Wildman–Crippen MR) is 144 cm³/mol. The molecule has 1 N–H and O–H groups in total. The van der Waals surface area contributed by atoms with Gasteiger partial charge in [-0.1, -0.05) is 25.2 Å². The van der Waals surface area contributed by atoms with Crippen LogP contribution < -0.4 is 9.62 Å². The van der Waals surface area contributed by atoms with Gasteiger partial charge in [0.1, 0.15) is 5.69 Å². The van der Waals surface area contributed by atoms with E-state index in [9.17, 15) is 22.0 Å². The molecular weight excluding hydrogens is 562 g/mol. The summed E-state index contributed by atoms with van der Waals surface area (Å²) >= 11 is 0.707. The molecule has 2 atom stereocenters. The minimum absolute atomic E-state index is 0.0107. The van der Waals surface area contributed by atoms with Gasteiger partial charge in [0.25, 0.3) is 12.1 Å². The van der Waals surface area contributed by atoms with E-state index in [0.717, 1.165) is 12.8 Å². The maximum absolute atomic E-state index is 13.6. The van der Waals surface area contributed by atoms with Crippen LogP contribution >= 0.6 is 11.3 Å². The van der Waals surface area contributed by atoms with Gasteiger partial charge in [-0.05, 0) is 25.0 Å². The molecule has 4 heterocycles. The first-order chi connectivity index (χ1) is 18.9. The monoisotopic (exact) mass is 590 g/mol. The maximum Gasteiger partial charge on any atom is 0.299 e. The number of halogens is 2. The largest absolute Gasteiger partial charge is 0.366 e. The molecule has 3 fully saturated rings. The molecule has 0 radical (unpaired) electrons. The van der Waals surface area contributed by atoms with Gasteiger partial charge in [0.05, 0.1) is 28.9 Å². The van der Waals surface area contributed by atoms with Crippen molar-refractivity contribution in [2.45, 2.75) is 68.6 Å². The number of amides is 1. The van der Waals surface area contributed by atoms with Crippen molar-refractivity contribution in [3.8, 4) is 10.7 Å². The Kier molecular flexibility index (Phi) is 6.35. The van der Waals surface area contributed by atoms with Gasteiger partial charge in [-0.3, -0.25) is 14.3 Å². The summed E-state index contributed by atoms with van der Waals surface area (Å²) in [6.07, 6.45) is -0.222. The first kappa shape index (κ1) is 27.0. The van der Waals surface area contributed by atoms with E-state index >= 15 is 0 Å². The summed E-state index contributed by atoms with van der Waals surface area (Å²) in [5, 5.41) is 12.2. The van der Waals surface area contributed by atoms with Gasteiger partial charge in [-0.15, -0.1) is 14.9 Å². The number of hydrogen-bond donors (Lipinski definition) is 1. The average molecular weight is 591 g/mol. The molecule has 1 aromatic carbocycles. The maximum atomic E-state index is 13.6. The van der Waals surface area contributed by atoms with Crippen LogP contribution in [0.3, 0.4) is 0 Å². The Hall–Kier alpha value is -3.22. The number of nitrogens with one attached hydrogen (secondary N) is 1. The number of rotatable bonds is 7. The van der Waals surface area contributed by atoms with Gasteiger partial charge >= 0.3 is 0 Å². The fraction of sp³-hybridized carbons (Fsp3) is 0.560. The molecule has 40 heavy (non-hydrogen) atoms. The Labute approximate surface area is 234 Å². The number of benzene rings is 1. The average Bonchev–Trinajstić information content (AvgIpc) is 3.22. The van der Waals surface area contributed by atoms with Crippen molar-refractivity contribution >= 4 is 43.9 Å². The molecule has 2 unspecified atom stereocenters. The molecular formula is C25H28F2N8O3S2. The topological polar surface area (TPSA) is 118 Å². The molecule has 15 heteroatoms. The van der Waals surface area contributed by atoms with Gasteiger partial charge in [0.15, 0.2) is 10.0 Å². The van der Waals surface area contributed by atoms with E-state index in [1.54, 1.807) is 17.8 Å². The quantitative estimate of drug-likeness (QED) is 0.418. The number of hydrogen-bond acceptors (Lipinski definition) is 8. The van der Waals surface area contributed by atoms with E-state index in [2.05, 4.69) is 29.8 Å². The number of alkyl halides is 2. The van der Waals surface area contributed by atoms with Crippen LogP contribution in [0.1, 0.15) is 51.0 Å². The van der Waals surface area contributed by atoms with Crippen LogP contribution in [0.4, 0.5) is 14.5 Å². The Morgan fingerprint density at radius 2 is 1.88 bits per heavy atom. The lowest BCUT2D eigenvalue weighted by molar-refractivity contribution is -0.137. The summed E-state index contributed by atoms with van der Waals surface area (Å²) < 4.78 is 57.8. The Morgan fingerprint density at radius 1 is 1.20 bits per heavy atom. The highest BCUT2D eigenvalue weighted by Crippen LogP contribution is 2.43. The Balaban J connectivity index is 1.48. The third-order valence-corrected chi connectivity index (χ3v) is 10.3. The second-order valence-corrected chi connectivity index (χ2v) is 13.7. The highest BCUT2D eigenvalue weighted by Gasteiger charge is 2.54. The molecule has 1 amide bonds. The van der Waals surface area contributed by atoms with Crippen LogP contribution in [0.5, 0.6) is 0 Å². The lowest BCUT2D eigenvalue weighted by Crippen LogP contribution is -2.57. The van der Waals surface area contributed by atoms with Gasteiger partial charge in [0.2, 0.25) is 15.9 Å². The van der Waals surface area contributed by atoms with E-state index in [-0.39, 0.29) is 39.5 Å². The third kappa shape index (κ3) is 4.42. The molecule has 2 bridgehead atoms. The smallest absolute Gasteiger partial charge is 0.299 e. The number of anilines is 1. The van der Waals surface area contributed by atoms with Gasteiger partial charge < -0.3 is 9.80 Å². The number of carbonyl (C=O) groups excluding carboxylic acids is 1. The first-order valence-corrected chi connectivity index (χ1v) is 15.4.